The molecule has 0 fully saturated rings. The maximum Gasteiger partial charge on any atom is 0.135 e. The second kappa shape index (κ2) is 7.35. The van der Waals surface area contributed by atoms with E-state index in [2.05, 4.69) is 97.1 Å². The third kappa shape index (κ3) is 2.89. The third-order valence-corrected chi connectivity index (χ3v) is 9.24. The van der Waals surface area contributed by atoms with Crippen LogP contribution in [0.25, 0.3) is 64.7 Å². The maximum atomic E-state index is 6.03. The first-order chi connectivity index (χ1) is 17.3. The molecule has 0 amide bonds. The molecule has 0 saturated carbocycles. The monoisotopic (exact) mass is 482 g/mol. The van der Waals surface area contributed by atoms with Crippen molar-refractivity contribution in [3.8, 4) is 32.0 Å². The van der Waals surface area contributed by atoms with Gasteiger partial charge in [0.2, 0.25) is 0 Å². The van der Waals surface area contributed by atoms with E-state index < -0.39 is 0 Å². The summed E-state index contributed by atoms with van der Waals surface area (Å²) in [5.74, 6) is 0. The number of para-hydroxylation sites is 1. The maximum absolute atomic E-state index is 6.03. The zero-order chi connectivity index (χ0) is 22.9. The highest BCUT2D eigenvalue weighted by atomic mass is 32.2. The van der Waals surface area contributed by atoms with Crippen LogP contribution in [0.2, 0.25) is 0 Å². The fourth-order valence-electron chi connectivity index (χ4n) is 5.31. The molecular weight excluding hydrogens is 464 g/mol. The molecule has 1 aliphatic heterocycles. The number of furan rings is 1. The van der Waals surface area contributed by atoms with Crippen LogP contribution < -0.4 is 0 Å². The van der Waals surface area contributed by atoms with E-state index >= 15 is 0 Å². The summed E-state index contributed by atoms with van der Waals surface area (Å²) >= 11 is 3.73. The first-order valence-corrected chi connectivity index (χ1v) is 13.3. The van der Waals surface area contributed by atoms with Gasteiger partial charge in [-0.25, -0.2) is 0 Å². The Balaban J connectivity index is 1.28. The van der Waals surface area contributed by atoms with Gasteiger partial charge < -0.3 is 4.42 Å². The van der Waals surface area contributed by atoms with E-state index in [1.165, 1.54) is 63.3 Å². The van der Waals surface area contributed by atoms with Gasteiger partial charge in [0.05, 0.1) is 0 Å². The van der Waals surface area contributed by atoms with Crippen LogP contribution in [0.1, 0.15) is 0 Å². The zero-order valence-corrected chi connectivity index (χ0v) is 20.3. The normalized spacial score (nSPS) is 12.5. The Labute approximate surface area is 210 Å². The minimum absolute atomic E-state index is 0.938. The van der Waals surface area contributed by atoms with Gasteiger partial charge in [0, 0.05) is 35.7 Å². The summed E-state index contributed by atoms with van der Waals surface area (Å²) in [6.45, 7) is 0. The van der Waals surface area contributed by atoms with E-state index in [-0.39, 0.29) is 0 Å². The van der Waals surface area contributed by atoms with Crippen molar-refractivity contribution in [2.24, 2.45) is 0 Å². The molecule has 164 valence electrons. The van der Waals surface area contributed by atoms with Crippen LogP contribution in [0.5, 0.6) is 0 Å². The molecule has 0 radical (unpaired) electrons. The van der Waals surface area contributed by atoms with Crippen LogP contribution >= 0.6 is 23.1 Å². The van der Waals surface area contributed by atoms with Crippen LogP contribution in [0.4, 0.5) is 0 Å². The second-order valence-electron chi connectivity index (χ2n) is 8.91. The van der Waals surface area contributed by atoms with E-state index in [0.717, 1.165) is 11.2 Å². The Hall–Kier alpha value is -3.79. The van der Waals surface area contributed by atoms with Crippen molar-refractivity contribution >= 4 is 55.8 Å². The number of benzene rings is 5. The molecule has 3 heterocycles. The Kier molecular flexibility index (Phi) is 4.10. The average Bonchev–Trinajstić information content (AvgIpc) is 3.54. The molecule has 0 aliphatic carbocycles. The van der Waals surface area contributed by atoms with Crippen LogP contribution in [-0.4, -0.2) is 0 Å². The molecule has 7 aromatic rings. The van der Waals surface area contributed by atoms with E-state index in [0.29, 0.717) is 0 Å². The molecule has 0 unspecified atom stereocenters. The fraction of sp³-hybridized carbons (Fsp3) is 0. The topological polar surface area (TPSA) is 13.1 Å². The minimum atomic E-state index is 0.938. The van der Waals surface area contributed by atoms with E-state index in [4.69, 9.17) is 4.42 Å². The first-order valence-electron chi connectivity index (χ1n) is 11.7. The number of fused-ring (bicyclic) bond motifs is 5. The van der Waals surface area contributed by atoms with Gasteiger partial charge in [-0.1, -0.05) is 72.4 Å². The highest BCUT2D eigenvalue weighted by molar-refractivity contribution is 7.99. The highest BCUT2D eigenvalue weighted by Gasteiger charge is 2.21. The Morgan fingerprint density at radius 2 is 1.29 bits per heavy atom. The predicted molar refractivity (Wildman–Crippen MR) is 150 cm³/mol. The van der Waals surface area contributed by atoms with Gasteiger partial charge in [0.15, 0.2) is 0 Å². The molecule has 0 bridgehead atoms. The molecule has 35 heavy (non-hydrogen) atoms. The highest BCUT2D eigenvalue weighted by Crippen LogP contribution is 2.50. The molecule has 0 atom stereocenters. The molecule has 0 N–H and O–H groups in total. The van der Waals surface area contributed by atoms with Crippen molar-refractivity contribution in [1.29, 1.82) is 0 Å². The van der Waals surface area contributed by atoms with Crippen molar-refractivity contribution in [1.82, 2.24) is 0 Å². The van der Waals surface area contributed by atoms with Crippen molar-refractivity contribution in [3.63, 3.8) is 0 Å². The van der Waals surface area contributed by atoms with E-state index in [1.54, 1.807) is 0 Å². The van der Waals surface area contributed by atoms with Crippen LogP contribution in [-0.2, 0) is 0 Å². The first kappa shape index (κ1) is 19.5. The number of hydrogen-bond acceptors (Lipinski definition) is 3. The largest absolute Gasteiger partial charge is 0.456 e. The summed E-state index contributed by atoms with van der Waals surface area (Å²) < 4.78 is 6.03. The number of hydrogen-bond donors (Lipinski definition) is 0. The van der Waals surface area contributed by atoms with Gasteiger partial charge in [-0.2, -0.15) is 0 Å². The van der Waals surface area contributed by atoms with Gasteiger partial charge in [-0.3, -0.25) is 0 Å². The van der Waals surface area contributed by atoms with Crippen LogP contribution in [0.15, 0.2) is 123 Å². The molecule has 2 aromatic heterocycles. The van der Waals surface area contributed by atoms with Gasteiger partial charge in [-0.05, 0) is 76.2 Å². The lowest BCUT2D eigenvalue weighted by Gasteiger charge is -2.21. The smallest absolute Gasteiger partial charge is 0.135 e. The van der Waals surface area contributed by atoms with Crippen molar-refractivity contribution < 1.29 is 4.42 Å². The summed E-state index contributed by atoms with van der Waals surface area (Å²) in [6, 6.07) is 39.4. The quantitative estimate of drug-likeness (QED) is 0.243. The van der Waals surface area contributed by atoms with E-state index in [1.807, 2.05) is 35.2 Å². The van der Waals surface area contributed by atoms with Crippen molar-refractivity contribution in [2.75, 3.05) is 0 Å². The fourth-order valence-corrected chi connectivity index (χ4v) is 7.48. The third-order valence-electron chi connectivity index (χ3n) is 6.93. The molecule has 1 nitrogen and oxygen atoms in total. The summed E-state index contributed by atoms with van der Waals surface area (Å²) in [5, 5.41) is 5.04. The van der Waals surface area contributed by atoms with Crippen molar-refractivity contribution in [3.05, 3.63) is 109 Å². The molecule has 5 aromatic carbocycles. The molecule has 0 spiro atoms. The van der Waals surface area contributed by atoms with Crippen LogP contribution in [0.3, 0.4) is 0 Å². The minimum Gasteiger partial charge on any atom is -0.456 e. The summed E-state index contributed by atoms with van der Waals surface area (Å²) in [6.07, 6.45) is 0. The molecule has 8 rings (SSSR count). The van der Waals surface area contributed by atoms with Gasteiger partial charge >= 0.3 is 0 Å². The van der Waals surface area contributed by atoms with Crippen LogP contribution in [0, 0.1) is 0 Å². The predicted octanol–water partition coefficient (Wildman–Crippen LogP) is 10.3. The Bertz CT molecular complexity index is 1940. The molecule has 3 heteroatoms. The van der Waals surface area contributed by atoms with Crippen molar-refractivity contribution in [2.45, 2.75) is 9.79 Å². The van der Waals surface area contributed by atoms with Gasteiger partial charge in [0.1, 0.15) is 11.2 Å². The molecular formula is C32H18OS2. The van der Waals surface area contributed by atoms with Gasteiger partial charge in [-0.15, -0.1) is 11.3 Å². The number of rotatable bonds is 2. The zero-order valence-electron chi connectivity index (χ0n) is 18.6. The number of thiophene rings is 1. The Morgan fingerprint density at radius 1 is 0.486 bits per heavy atom. The summed E-state index contributed by atoms with van der Waals surface area (Å²) in [4.78, 5) is 5.24. The molecule has 0 saturated heterocycles. The standard InChI is InChI=1S/C32H18OS2/c1-3-10-26-20(6-1)25-18-19(12-14-27(25)33-26)28-16-17-30(34-28)22-13-15-31-32-23(8-5-9-24(22)32)21-7-2-4-11-29(21)35-31/h1-18H. The lowest BCUT2D eigenvalue weighted by molar-refractivity contribution is 0.669. The summed E-state index contributed by atoms with van der Waals surface area (Å²) in [7, 11) is 0. The Morgan fingerprint density at radius 3 is 2.29 bits per heavy atom. The summed E-state index contributed by atoms with van der Waals surface area (Å²) in [5.41, 5.74) is 7.08. The van der Waals surface area contributed by atoms with Gasteiger partial charge in [0.25, 0.3) is 0 Å². The second-order valence-corrected chi connectivity index (χ2v) is 11.1. The lowest BCUT2D eigenvalue weighted by atomic mass is 9.94. The SMILES string of the molecule is c1ccc2c(c1)Sc1ccc(-c3ccc(-c4ccc5oc6ccccc6c5c4)s3)c3cccc-2c13. The lowest BCUT2D eigenvalue weighted by Crippen LogP contribution is -1.93. The molecule has 1 aliphatic rings. The van der Waals surface area contributed by atoms with E-state index in [9.17, 15) is 0 Å². The average molecular weight is 483 g/mol.